The van der Waals surface area contributed by atoms with Gasteiger partial charge in [0.2, 0.25) is 5.91 Å². The van der Waals surface area contributed by atoms with E-state index in [2.05, 4.69) is 31.6 Å². The summed E-state index contributed by atoms with van der Waals surface area (Å²) in [5, 5.41) is 37.0. The number of unbranched alkanes of at least 4 members (excludes halogenated alkanes) is 3. The maximum absolute atomic E-state index is 13.5. The second kappa shape index (κ2) is 32.9. The predicted octanol–water partition coefficient (Wildman–Crippen LogP) is 0.643. The van der Waals surface area contributed by atoms with Crippen LogP contribution in [0.4, 0.5) is 19.2 Å². The predicted molar refractivity (Wildman–Crippen MR) is 251 cm³/mol. The first-order valence-corrected chi connectivity index (χ1v) is 24.7. The number of aliphatic imine (C=N–C) groups is 1. The Hall–Kier alpha value is -4.96. The van der Waals surface area contributed by atoms with Crippen LogP contribution >= 0.6 is 0 Å². The highest BCUT2D eigenvalue weighted by atomic mass is 16.7. The Morgan fingerprint density at radius 2 is 1.28 bits per heavy atom. The van der Waals surface area contributed by atoms with E-state index in [1.807, 2.05) is 6.92 Å². The number of ether oxygens (including phenoxy) is 9. The van der Waals surface area contributed by atoms with Crippen molar-refractivity contribution in [1.29, 1.82) is 0 Å². The molecule has 7 N–H and O–H groups in total. The fourth-order valence-corrected chi connectivity index (χ4v) is 7.82. The molecule has 0 aromatic heterocycles. The zero-order valence-corrected chi connectivity index (χ0v) is 42.2. The summed E-state index contributed by atoms with van der Waals surface area (Å²) in [6.07, 6.45) is -9.08. The second-order valence-electron chi connectivity index (χ2n) is 16.4. The van der Waals surface area contributed by atoms with E-state index in [1.165, 1.54) is 4.90 Å². The highest BCUT2D eigenvalue weighted by Gasteiger charge is 2.53. The van der Waals surface area contributed by atoms with Gasteiger partial charge in [-0.2, -0.15) is 0 Å². The van der Waals surface area contributed by atoms with Crippen molar-refractivity contribution in [1.82, 2.24) is 36.4 Å². The molecular weight excluding hydrogens is 941 g/mol. The Balaban J connectivity index is 1.69. The molecular formula is C45H78N8O18. The molecule has 10 atom stereocenters. The van der Waals surface area contributed by atoms with Crippen molar-refractivity contribution in [3.05, 3.63) is 0 Å². The minimum atomic E-state index is -1.53. The number of aliphatic hydroxyl groups excluding tert-OH is 2. The maximum Gasteiger partial charge on any atom is 0.407 e. The second-order valence-corrected chi connectivity index (χ2v) is 16.4. The van der Waals surface area contributed by atoms with Gasteiger partial charge >= 0.3 is 36.2 Å². The maximum atomic E-state index is 13.5. The average molecular weight is 1020 g/mol. The standard InChI is InChI=1S/C45H78N8O18/c1-8-24-66-33(56)19-23-53-31(54)25-30(52(45(53)62)22-18-32(55)63-11-4)49-20-16-14-15-17-21-50-42(59)51-35-37(58)38(64-12-5)28(26-67-43(60)47-9-2)70-41(35)71-39-29(27-68-44(61)48-10-3)69-40(65-13-6)34(46-7)36(39)57/h28-29,34-41,46,57-58H,8-27H2,1-7H3,(H,47,60)(H,48,61)(H2,50,51,59). The molecule has 3 rings (SSSR count). The third kappa shape index (κ3) is 19.5. The van der Waals surface area contributed by atoms with Crippen LogP contribution in [0.3, 0.4) is 0 Å². The largest absolute Gasteiger partial charge is 0.466 e. The Bertz CT molecular complexity index is 1710. The minimum absolute atomic E-state index is 0.0679. The zero-order chi connectivity index (χ0) is 52.3. The molecule has 0 aromatic rings. The fraction of sp³-hybridized carbons (Fsp3) is 0.822. The Labute approximate surface area is 415 Å². The molecule has 10 unspecified atom stereocenters. The number of hydrogen-bond donors (Lipinski definition) is 7. The molecule has 0 spiro atoms. The molecule has 26 heteroatoms. The summed E-state index contributed by atoms with van der Waals surface area (Å²) in [6.45, 7) is 11.1. The molecule has 0 aromatic carbocycles. The summed E-state index contributed by atoms with van der Waals surface area (Å²) in [4.78, 5) is 95.7. The van der Waals surface area contributed by atoms with Crippen LogP contribution in [0.25, 0.3) is 0 Å². The summed E-state index contributed by atoms with van der Waals surface area (Å²) >= 11 is 0. The summed E-state index contributed by atoms with van der Waals surface area (Å²) in [5.41, 5.74) is 0. The molecule has 3 saturated heterocycles. The summed E-state index contributed by atoms with van der Waals surface area (Å²) in [7, 11) is 1.58. The van der Waals surface area contributed by atoms with Crippen LogP contribution in [-0.4, -0.2) is 215 Å². The number of nitrogens with zero attached hydrogens (tertiary/aromatic N) is 3. The molecule has 3 heterocycles. The van der Waals surface area contributed by atoms with Crippen LogP contribution in [0.2, 0.25) is 0 Å². The lowest BCUT2D eigenvalue weighted by Gasteiger charge is -2.48. The van der Waals surface area contributed by atoms with Gasteiger partial charge in [0, 0.05) is 52.5 Å². The van der Waals surface area contributed by atoms with Gasteiger partial charge in [0.1, 0.15) is 61.7 Å². The number of hydrogen-bond acceptors (Lipinski definition) is 20. The van der Waals surface area contributed by atoms with Crippen LogP contribution in [0.5, 0.6) is 0 Å². The number of amidine groups is 1. The number of carbonyl (C=O) groups is 7. The molecule has 0 radical (unpaired) electrons. The molecule has 0 saturated carbocycles. The van der Waals surface area contributed by atoms with Gasteiger partial charge in [0.25, 0.3) is 0 Å². The Kier molecular flexibility index (Phi) is 28.0. The molecule has 3 aliphatic heterocycles. The molecule has 3 aliphatic rings. The van der Waals surface area contributed by atoms with E-state index in [0.717, 1.165) is 4.90 Å². The van der Waals surface area contributed by atoms with Crippen LogP contribution in [-0.2, 0) is 57.0 Å². The minimum Gasteiger partial charge on any atom is -0.466 e. The van der Waals surface area contributed by atoms with Gasteiger partial charge in [-0.15, -0.1) is 0 Å². The Morgan fingerprint density at radius 1 is 0.690 bits per heavy atom. The molecule has 406 valence electrons. The van der Waals surface area contributed by atoms with Gasteiger partial charge in [-0.05, 0) is 60.9 Å². The number of rotatable bonds is 30. The van der Waals surface area contributed by atoms with Crippen molar-refractivity contribution >= 4 is 47.9 Å². The first-order valence-electron chi connectivity index (χ1n) is 24.7. The van der Waals surface area contributed by atoms with Crippen LogP contribution in [0.1, 0.15) is 92.9 Å². The van der Waals surface area contributed by atoms with Crippen molar-refractivity contribution in [2.75, 3.05) is 86.0 Å². The van der Waals surface area contributed by atoms with E-state index in [9.17, 15) is 43.8 Å². The normalized spacial score (nSPS) is 26.1. The lowest BCUT2D eigenvalue weighted by molar-refractivity contribution is -0.333. The fourth-order valence-electron chi connectivity index (χ4n) is 7.82. The lowest BCUT2D eigenvalue weighted by Crippen LogP contribution is -2.69. The van der Waals surface area contributed by atoms with Crippen molar-refractivity contribution in [3.63, 3.8) is 0 Å². The highest BCUT2D eigenvalue weighted by Crippen LogP contribution is 2.31. The number of likely N-dealkylation sites (N-methyl/N-ethyl adjacent to an activating group) is 1. The number of urea groups is 2. The number of imide groups is 1. The number of nitrogens with one attached hydrogen (secondary N) is 5. The summed E-state index contributed by atoms with van der Waals surface area (Å²) in [5.74, 6) is -1.37. The zero-order valence-electron chi connectivity index (χ0n) is 42.2. The number of carbonyl (C=O) groups excluding carboxylic acids is 7. The van der Waals surface area contributed by atoms with Gasteiger partial charge < -0.3 is 79.4 Å². The van der Waals surface area contributed by atoms with E-state index < -0.39 is 110 Å². The SMILES string of the molecule is CCCOC(=O)CCN1C(=O)CC(=NCCCCCCNC(=O)NC2C(OC3C(COC(=O)NCC)OC(OCC)C(NC)C3O)OC(COC(=O)NCC)C(OCC)C2O)N(CCC(=O)OCC)C1=O. The van der Waals surface area contributed by atoms with Gasteiger partial charge in [0.05, 0.1) is 38.5 Å². The topological polar surface area (TPSA) is 322 Å². The summed E-state index contributed by atoms with van der Waals surface area (Å²) in [6, 6.07) is -3.58. The lowest BCUT2D eigenvalue weighted by atomic mass is 9.94. The number of esters is 2. The molecule has 0 bridgehead atoms. The number of amides is 7. The van der Waals surface area contributed by atoms with Gasteiger partial charge in [0.15, 0.2) is 12.6 Å². The van der Waals surface area contributed by atoms with Gasteiger partial charge in [-0.3, -0.25) is 29.2 Å². The van der Waals surface area contributed by atoms with Crippen LogP contribution in [0.15, 0.2) is 4.99 Å². The van der Waals surface area contributed by atoms with E-state index in [0.29, 0.717) is 32.1 Å². The van der Waals surface area contributed by atoms with Gasteiger partial charge in [-0.25, -0.2) is 19.2 Å². The smallest absolute Gasteiger partial charge is 0.407 e. The number of alkyl carbamates (subject to hydrolysis) is 2. The Morgan fingerprint density at radius 3 is 1.89 bits per heavy atom. The molecule has 71 heavy (non-hydrogen) atoms. The number of aliphatic hydroxyl groups is 2. The van der Waals surface area contributed by atoms with Crippen molar-refractivity contribution in [3.8, 4) is 0 Å². The molecule has 26 nitrogen and oxygen atoms in total. The molecule has 7 amide bonds. The van der Waals surface area contributed by atoms with Crippen LogP contribution in [0, 0.1) is 0 Å². The monoisotopic (exact) mass is 1020 g/mol. The average Bonchev–Trinajstić information content (AvgIpc) is 3.33. The van der Waals surface area contributed by atoms with Gasteiger partial charge in [-0.1, -0.05) is 19.8 Å². The molecule has 0 aliphatic carbocycles. The van der Waals surface area contributed by atoms with Crippen molar-refractivity contribution < 1.29 is 86.4 Å². The quantitative estimate of drug-likeness (QED) is 0.0295. The third-order valence-electron chi connectivity index (χ3n) is 11.3. The van der Waals surface area contributed by atoms with Crippen molar-refractivity contribution in [2.24, 2.45) is 4.99 Å². The van der Waals surface area contributed by atoms with E-state index >= 15 is 0 Å². The third-order valence-corrected chi connectivity index (χ3v) is 11.3. The highest BCUT2D eigenvalue weighted by molar-refractivity contribution is 6.16. The van der Waals surface area contributed by atoms with E-state index in [-0.39, 0.29) is 97.4 Å². The van der Waals surface area contributed by atoms with Crippen molar-refractivity contribution in [2.45, 2.75) is 154 Å². The summed E-state index contributed by atoms with van der Waals surface area (Å²) < 4.78 is 51.3. The van der Waals surface area contributed by atoms with Crippen LogP contribution < -0.4 is 26.6 Å². The first kappa shape index (κ1) is 60.3. The van der Waals surface area contributed by atoms with E-state index in [1.54, 1.807) is 41.7 Å². The first-order chi connectivity index (χ1) is 34.2. The molecule has 3 fully saturated rings. The van der Waals surface area contributed by atoms with E-state index in [4.69, 9.17) is 42.6 Å².